The predicted molar refractivity (Wildman–Crippen MR) is 102 cm³/mol. The number of rotatable bonds is 4. The highest BCUT2D eigenvalue weighted by Gasteiger charge is 2.16. The highest BCUT2D eigenvalue weighted by Crippen LogP contribution is 2.19. The van der Waals surface area contributed by atoms with Crippen molar-refractivity contribution in [2.75, 3.05) is 5.32 Å². The van der Waals surface area contributed by atoms with Crippen molar-refractivity contribution in [3.8, 4) is 0 Å². The molecule has 25 heavy (non-hydrogen) atoms. The number of hydrogen-bond acceptors (Lipinski definition) is 4. The fourth-order valence-electron chi connectivity index (χ4n) is 2.14. The van der Waals surface area contributed by atoms with Gasteiger partial charge in [0.1, 0.15) is 0 Å². The van der Waals surface area contributed by atoms with Gasteiger partial charge in [-0.3, -0.25) is 0 Å². The van der Waals surface area contributed by atoms with Crippen LogP contribution in [0.15, 0.2) is 69.3 Å². The lowest BCUT2D eigenvalue weighted by Gasteiger charge is -2.08. The van der Waals surface area contributed by atoms with Crippen molar-refractivity contribution in [3.05, 3.63) is 76.8 Å². The minimum atomic E-state index is -3.84. The summed E-state index contributed by atoms with van der Waals surface area (Å²) in [6.07, 6.45) is 0. The van der Waals surface area contributed by atoms with Crippen molar-refractivity contribution in [1.29, 1.82) is 0 Å². The fraction of sp³-hybridized carbons (Fsp3) is 0.111. The second kappa shape index (κ2) is 7.16. The predicted octanol–water partition coefficient (Wildman–Crippen LogP) is 4.01. The summed E-state index contributed by atoms with van der Waals surface area (Å²) in [7, 11) is -3.84. The molecule has 1 aromatic heterocycles. The summed E-state index contributed by atoms with van der Waals surface area (Å²) < 4.78 is 29.4. The Morgan fingerprint density at radius 1 is 1.04 bits per heavy atom. The normalized spacial score (nSPS) is 12.2. The molecule has 0 bridgehead atoms. The fourth-order valence-corrected chi connectivity index (χ4v) is 3.80. The van der Waals surface area contributed by atoms with Gasteiger partial charge in [-0.25, -0.2) is 4.98 Å². The van der Waals surface area contributed by atoms with Crippen LogP contribution in [-0.2, 0) is 10.0 Å². The molecule has 0 saturated carbocycles. The van der Waals surface area contributed by atoms with Crippen LogP contribution in [0, 0.1) is 13.8 Å². The lowest BCUT2D eigenvalue weighted by molar-refractivity contribution is 0.598. The van der Waals surface area contributed by atoms with Crippen molar-refractivity contribution in [1.82, 2.24) is 4.98 Å². The van der Waals surface area contributed by atoms with E-state index in [4.69, 9.17) is 0 Å². The Morgan fingerprint density at radius 2 is 1.72 bits per heavy atom. The molecule has 0 aliphatic rings. The first kappa shape index (κ1) is 17.3. The number of amidine groups is 1. The maximum atomic E-state index is 12.7. The molecule has 0 unspecified atom stereocenters. The number of nitrogens with one attached hydrogen (secondary N) is 1. The molecular formula is C18H17N3O2S2. The van der Waals surface area contributed by atoms with Gasteiger partial charge in [-0.1, -0.05) is 48.0 Å². The minimum absolute atomic E-state index is 0.156. The molecule has 1 heterocycles. The maximum absolute atomic E-state index is 12.7. The molecule has 0 aliphatic carbocycles. The lowest BCUT2D eigenvalue weighted by atomic mass is 10.2. The first-order chi connectivity index (χ1) is 11.9. The van der Waals surface area contributed by atoms with Crippen LogP contribution in [0.4, 0.5) is 5.13 Å². The Labute approximate surface area is 151 Å². The summed E-state index contributed by atoms with van der Waals surface area (Å²) in [6, 6.07) is 15.8. The highest BCUT2D eigenvalue weighted by molar-refractivity contribution is 7.90. The Hall–Kier alpha value is -2.51. The van der Waals surface area contributed by atoms with E-state index in [-0.39, 0.29) is 10.7 Å². The number of nitrogens with zero attached hydrogens (tertiary/aromatic N) is 2. The van der Waals surface area contributed by atoms with Crippen LogP contribution in [0.5, 0.6) is 0 Å². The highest BCUT2D eigenvalue weighted by atomic mass is 32.2. The average molecular weight is 371 g/mol. The van der Waals surface area contributed by atoms with Crippen LogP contribution in [-0.4, -0.2) is 19.2 Å². The number of anilines is 1. The third-order valence-corrected chi connectivity index (χ3v) is 5.59. The van der Waals surface area contributed by atoms with Gasteiger partial charge in [-0.2, -0.15) is 8.42 Å². The molecule has 0 spiro atoms. The Morgan fingerprint density at radius 3 is 2.32 bits per heavy atom. The van der Waals surface area contributed by atoms with Crippen molar-refractivity contribution in [2.24, 2.45) is 4.40 Å². The molecule has 0 atom stereocenters. The van der Waals surface area contributed by atoms with E-state index in [0.717, 1.165) is 11.3 Å². The molecule has 128 valence electrons. The number of sulfonamides is 1. The Kier molecular flexibility index (Phi) is 4.96. The lowest BCUT2D eigenvalue weighted by Crippen LogP contribution is -2.16. The number of aromatic nitrogens is 1. The van der Waals surface area contributed by atoms with Crippen LogP contribution in [0.3, 0.4) is 0 Å². The first-order valence-corrected chi connectivity index (χ1v) is 9.92. The van der Waals surface area contributed by atoms with Crippen LogP contribution >= 0.6 is 11.3 Å². The van der Waals surface area contributed by atoms with E-state index in [1.54, 1.807) is 36.4 Å². The minimum Gasteiger partial charge on any atom is -0.315 e. The van der Waals surface area contributed by atoms with Gasteiger partial charge in [0, 0.05) is 10.9 Å². The van der Waals surface area contributed by atoms with E-state index in [1.807, 2.05) is 37.4 Å². The van der Waals surface area contributed by atoms with Gasteiger partial charge in [-0.05, 0) is 26.0 Å². The maximum Gasteiger partial charge on any atom is 0.284 e. The third-order valence-electron chi connectivity index (χ3n) is 3.42. The van der Waals surface area contributed by atoms with E-state index in [2.05, 4.69) is 14.7 Å². The van der Waals surface area contributed by atoms with Crippen molar-refractivity contribution < 1.29 is 8.42 Å². The summed E-state index contributed by atoms with van der Waals surface area (Å²) in [5.41, 5.74) is 2.52. The van der Waals surface area contributed by atoms with E-state index in [1.165, 1.54) is 11.3 Å². The second-order valence-corrected chi connectivity index (χ2v) is 7.98. The van der Waals surface area contributed by atoms with Crippen LogP contribution in [0.2, 0.25) is 0 Å². The van der Waals surface area contributed by atoms with Gasteiger partial charge >= 0.3 is 0 Å². The monoisotopic (exact) mass is 371 g/mol. The van der Waals surface area contributed by atoms with Gasteiger partial charge in [0.15, 0.2) is 11.0 Å². The molecule has 0 amide bonds. The molecule has 5 nitrogen and oxygen atoms in total. The quantitative estimate of drug-likeness (QED) is 0.556. The largest absolute Gasteiger partial charge is 0.315 e. The second-order valence-electron chi connectivity index (χ2n) is 5.51. The van der Waals surface area contributed by atoms with Gasteiger partial charge in [-0.15, -0.1) is 15.7 Å². The molecule has 0 fully saturated rings. The zero-order chi connectivity index (χ0) is 17.9. The first-order valence-electron chi connectivity index (χ1n) is 7.60. The Bertz CT molecular complexity index is 992. The molecule has 2 aromatic carbocycles. The zero-order valence-electron chi connectivity index (χ0n) is 13.8. The number of thiazole rings is 1. The van der Waals surface area contributed by atoms with E-state index in [0.29, 0.717) is 10.7 Å². The van der Waals surface area contributed by atoms with Crippen LogP contribution in [0.25, 0.3) is 0 Å². The van der Waals surface area contributed by atoms with Crippen LogP contribution in [0.1, 0.15) is 16.8 Å². The number of hydrogen-bond donors (Lipinski definition) is 1. The smallest absolute Gasteiger partial charge is 0.284 e. The van der Waals surface area contributed by atoms with E-state index >= 15 is 0 Å². The average Bonchev–Trinajstić information content (AvgIpc) is 3.00. The summed E-state index contributed by atoms with van der Waals surface area (Å²) >= 11 is 1.40. The summed E-state index contributed by atoms with van der Waals surface area (Å²) in [5, 5.41) is 5.52. The molecule has 3 rings (SSSR count). The van der Waals surface area contributed by atoms with Crippen molar-refractivity contribution in [3.63, 3.8) is 0 Å². The van der Waals surface area contributed by atoms with E-state index < -0.39 is 10.0 Å². The molecule has 0 saturated heterocycles. The topological polar surface area (TPSA) is 71.4 Å². The third kappa shape index (κ3) is 4.32. The van der Waals surface area contributed by atoms with Crippen molar-refractivity contribution in [2.45, 2.75) is 18.7 Å². The molecule has 3 aromatic rings. The summed E-state index contributed by atoms with van der Waals surface area (Å²) in [4.78, 5) is 4.48. The Balaban J connectivity index is 2.03. The van der Waals surface area contributed by atoms with Gasteiger partial charge in [0.25, 0.3) is 10.0 Å². The number of benzene rings is 2. The SMILES string of the molecule is Cc1ccc(S(=O)(=O)/N=C(\Nc2nc(C)cs2)c2ccccc2)cc1. The number of aryl methyl sites for hydroxylation is 2. The zero-order valence-corrected chi connectivity index (χ0v) is 15.4. The summed E-state index contributed by atoms with van der Waals surface area (Å²) in [6.45, 7) is 3.78. The van der Waals surface area contributed by atoms with Gasteiger partial charge < -0.3 is 5.32 Å². The van der Waals surface area contributed by atoms with Crippen molar-refractivity contribution >= 4 is 32.3 Å². The molecule has 7 heteroatoms. The van der Waals surface area contributed by atoms with Crippen LogP contribution < -0.4 is 5.32 Å². The van der Waals surface area contributed by atoms with Gasteiger partial charge in [0.05, 0.1) is 10.6 Å². The van der Waals surface area contributed by atoms with E-state index in [9.17, 15) is 8.42 Å². The summed E-state index contributed by atoms with van der Waals surface area (Å²) in [5.74, 6) is 0.246. The molecule has 0 aliphatic heterocycles. The molecule has 1 N–H and O–H groups in total. The standard InChI is InChI=1S/C18H17N3O2S2/c1-13-8-10-16(11-9-13)25(22,23)21-17(15-6-4-3-5-7-15)20-18-19-14(2)12-24-18/h3-12H,1-2H3,(H,19,20,21). The molecular weight excluding hydrogens is 354 g/mol. The molecule has 0 radical (unpaired) electrons. The van der Waals surface area contributed by atoms with Gasteiger partial charge in [0.2, 0.25) is 0 Å².